The molecule has 1 saturated heterocycles. The Labute approximate surface area is 177 Å². The Morgan fingerprint density at radius 3 is 2.38 bits per heavy atom. The van der Waals surface area contributed by atoms with Gasteiger partial charge in [-0.3, -0.25) is 4.79 Å². The Morgan fingerprint density at radius 2 is 1.90 bits per heavy atom. The summed E-state index contributed by atoms with van der Waals surface area (Å²) in [5.41, 5.74) is -0.572. The molecule has 0 bridgehead atoms. The smallest absolute Gasteiger partial charge is 0.302 e. The Bertz CT molecular complexity index is 570. The molecule has 1 aliphatic rings. The van der Waals surface area contributed by atoms with Gasteiger partial charge >= 0.3 is 5.97 Å². The molecule has 0 spiro atoms. The lowest BCUT2D eigenvalue weighted by atomic mass is 9.83. The maximum absolute atomic E-state index is 11.9. The number of nitrogens with zero attached hydrogens (tertiary/aromatic N) is 1. The predicted molar refractivity (Wildman–Crippen MR) is 117 cm³/mol. The van der Waals surface area contributed by atoms with Crippen LogP contribution in [0.15, 0.2) is 12.5 Å². The van der Waals surface area contributed by atoms with Crippen molar-refractivity contribution < 1.29 is 23.7 Å². The van der Waals surface area contributed by atoms with Gasteiger partial charge < -0.3 is 23.8 Å². The lowest BCUT2D eigenvalue weighted by molar-refractivity contribution is -0.147. The minimum atomic E-state index is -0.417. The lowest BCUT2D eigenvalue weighted by Crippen LogP contribution is -2.36. The molecule has 0 radical (unpaired) electrons. The first-order valence-electron chi connectivity index (χ1n) is 10.7. The molecular weight excluding hydrogens is 369 g/mol. The number of carbonyl (C=O) groups excluding carboxylic acids is 2. The Kier molecular flexibility index (Phi) is 9.26. The summed E-state index contributed by atoms with van der Waals surface area (Å²) >= 11 is 0. The molecule has 1 rings (SSSR count). The van der Waals surface area contributed by atoms with Crippen LogP contribution in [0.5, 0.6) is 0 Å². The quantitative estimate of drug-likeness (QED) is 0.170. The van der Waals surface area contributed by atoms with Crippen LogP contribution in [-0.4, -0.2) is 54.5 Å². The van der Waals surface area contributed by atoms with Crippen molar-refractivity contribution in [1.82, 2.24) is 4.90 Å². The first-order valence-corrected chi connectivity index (χ1v) is 10.7. The standard InChI is InChI=1S/C22H40BNO5/c1-15(2)22(8,9)29-23-12-10-11-18-19(14-25)24(13-20(18)27-17(4)26)16(3)28-21(5,6)7/h14-15,18-20,23H,3,10-13H2,1-2,4-9H3/t18?,19?,20-/m0/s1. The van der Waals surface area contributed by atoms with Gasteiger partial charge in [0.2, 0.25) is 0 Å². The van der Waals surface area contributed by atoms with Crippen molar-refractivity contribution in [2.24, 2.45) is 11.8 Å². The molecule has 1 aliphatic heterocycles. The van der Waals surface area contributed by atoms with E-state index in [1.165, 1.54) is 6.92 Å². The number of hydrogen-bond acceptors (Lipinski definition) is 6. The predicted octanol–water partition coefficient (Wildman–Crippen LogP) is 3.70. The molecule has 1 fully saturated rings. The van der Waals surface area contributed by atoms with E-state index in [2.05, 4.69) is 34.3 Å². The minimum Gasteiger partial charge on any atom is -0.474 e. The van der Waals surface area contributed by atoms with Crippen molar-refractivity contribution >= 4 is 19.7 Å². The van der Waals surface area contributed by atoms with Crippen LogP contribution < -0.4 is 0 Å². The van der Waals surface area contributed by atoms with E-state index in [0.29, 0.717) is 25.8 Å². The second kappa shape index (κ2) is 10.5. The molecule has 0 amide bonds. The number of hydrogen-bond donors (Lipinski definition) is 0. The highest BCUT2D eigenvalue weighted by molar-refractivity contribution is 6.27. The van der Waals surface area contributed by atoms with Crippen molar-refractivity contribution in [2.45, 2.75) is 97.9 Å². The monoisotopic (exact) mass is 409 g/mol. The van der Waals surface area contributed by atoms with E-state index in [9.17, 15) is 9.59 Å². The number of likely N-dealkylation sites (tertiary alicyclic amines) is 1. The molecule has 0 aliphatic carbocycles. The maximum Gasteiger partial charge on any atom is 0.302 e. The third-order valence-corrected chi connectivity index (χ3v) is 5.65. The second-order valence-corrected chi connectivity index (χ2v) is 9.80. The number of ether oxygens (including phenoxy) is 2. The van der Waals surface area contributed by atoms with Crippen LogP contribution in [0.25, 0.3) is 0 Å². The molecule has 0 saturated carbocycles. The average molecular weight is 409 g/mol. The Balaban J connectivity index is 2.73. The normalized spacial score (nSPS) is 22.5. The molecule has 166 valence electrons. The molecule has 3 atom stereocenters. The van der Waals surface area contributed by atoms with Crippen LogP contribution >= 0.6 is 0 Å². The Hall–Kier alpha value is -1.50. The van der Waals surface area contributed by atoms with Gasteiger partial charge in [-0.05, 0) is 53.5 Å². The van der Waals surface area contributed by atoms with Crippen molar-refractivity contribution in [1.29, 1.82) is 0 Å². The van der Waals surface area contributed by atoms with Gasteiger partial charge in [0, 0.05) is 18.4 Å². The number of aldehydes is 1. The van der Waals surface area contributed by atoms with Gasteiger partial charge in [-0.1, -0.05) is 26.6 Å². The third-order valence-electron chi connectivity index (χ3n) is 5.65. The lowest BCUT2D eigenvalue weighted by Gasteiger charge is -2.31. The van der Waals surface area contributed by atoms with E-state index >= 15 is 0 Å². The number of esters is 1. The molecule has 6 nitrogen and oxygen atoms in total. The SMILES string of the molecule is C=C(OC(C)(C)C)N1C[C@H](OC(C)=O)C(CCCBOC(C)(C)C(C)C)C1C=O. The summed E-state index contributed by atoms with van der Waals surface area (Å²) in [7, 11) is 0.672. The third kappa shape index (κ3) is 8.04. The molecule has 0 aromatic carbocycles. The maximum atomic E-state index is 11.9. The van der Waals surface area contributed by atoms with E-state index in [0.717, 1.165) is 25.4 Å². The topological polar surface area (TPSA) is 65.1 Å². The number of rotatable bonds is 11. The summed E-state index contributed by atoms with van der Waals surface area (Å²) in [6.45, 7) is 20.1. The van der Waals surface area contributed by atoms with Gasteiger partial charge in [-0.15, -0.1) is 0 Å². The molecule has 0 aromatic heterocycles. The highest BCUT2D eigenvalue weighted by Crippen LogP contribution is 2.34. The summed E-state index contributed by atoms with van der Waals surface area (Å²) in [5, 5.41) is 0. The summed E-state index contributed by atoms with van der Waals surface area (Å²) < 4.78 is 17.4. The van der Waals surface area contributed by atoms with Crippen molar-refractivity contribution in [3.63, 3.8) is 0 Å². The second-order valence-electron chi connectivity index (χ2n) is 9.80. The van der Waals surface area contributed by atoms with Crippen LogP contribution in [0.1, 0.15) is 68.2 Å². The fourth-order valence-corrected chi connectivity index (χ4v) is 3.44. The van der Waals surface area contributed by atoms with E-state index in [4.69, 9.17) is 14.1 Å². The summed E-state index contributed by atoms with van der Waals surface area (Å²) in [6.07, 6.45) is 3.12. The summed E-state index contributed by atoms with van der Waals surface area (Å²) in [4.78, 5) is 25.3. The molecule has 29 heavy (non-hydrogen) atoms. The zero-order valence-electron chi connectivity index (χ0n) is 19.6. The molecule has 0 N–H and O–H groups in total. The van der Waals surface area contributed by atoms with Crippen LogP contribution in [-0.2, 0) is 23.7 Å². The summed E-state index contributed by atoms with van der Waals surface area (Å²) in [6, 6.07) is -0.415. The zero-order valence-corrected chi connectivity index (χ0v) is 19.6. The minimum absolute atomic E-state index is 0.0881. The van der Waals surface area contributed by atoms with Gasteiger partial charge in [-0.25, -0.2) is 0 Å². The van der Waals surface area contributed by atoms with Gasteiger partial charge in [0.25, 0.3) is 7.48 Å². The Morgan fingerprint density at radius 1 is 1.28 bits per heavy atom. The first-order chi connectivity index (χ1) is 13.3. The number of carbonyl (C=O) groups is 2. The van der Waals surface area contributed by atoms with E-state index in [-0.39, 0.29) is 23.6 Å². The van der Waals surface area contributed by atoms with Crippen LogP contribution in [0, 0.1) is 11.8 Å². The fourth-order valence-electron chi connectivity index (χ4n) is 3.44. The highest BCUT2D eigenvalue weighted by atomic mass is 16.5. The summed E-state index contributed by atoms with van der Waals surface area (Å²) in [5.74, 6) is 0.453. The molecule has 1 heterocycles. The van der Waals surface area contributed by atoms with Crippen LogP contribution in [0.2, 0.25) is 6.32 Å². The fraction of sp³-hybridized carbons (Fsp3) is 0.818. The van der Waals surface area contributed by atoms with E-state index < -0.39 is 11.6 Å². The molecule has 2 unspecified atom stereocenters. The highest BCUT2D eigenvalue weighted by Gasteiger charge is 2.44. The van der Waals surface area contributed by atoms with E-state index in [1.54, 1.807) is 0 Å². The van der Waals surface area contributed by atoms with Crippen LogP contribution in [0.4, 0.5) is 0 Å². The van der Waals surface area contributed by atoms with Crippen LogP contribution in [0.3, 0.4) is 0 Å². The molecule has 7 heteroatoms. The van der Waals surface area contributed by atoms with Gasteiger partial charge in [-0.2, -0.15) is 0 Å². The average Bonchev–Trinajstić information content (AvgIpc) is 2.89. The van der Waals surface area contributed by atoms with Gasteiger partial charge in [0.05, 0.1) is 12.6 Å². The molecule has 0 aromatic rings. The molecular formula is C22H40BNO5. The largest absolute Gasteiger partial charge is 0.474 e. The van der Waals surface area contributed by atoms with Crippen molar-refractivity contribution in [3.8, 4) is 0 Å². The first kappa shape index (κ1) is 25.5. The zero-order chi connectivity index (χ0) is 22.4. The van der Waals surface area contributed by atoms with E-state index in [1.807, 2.05) is 25.7 Å². The van der Waals surface area contributed by atoms with Crippen molar-refractivity contribution in [2.75, 3.05) is 6.54 Å². The van der Waals surface area contributed by atoms with Gasteiger partial charge in [0.1, 0.15) is 18.0 Å². The van der Waals surface area contributed by atoms with Gasteiger partial charge in [0.15, 0.2) is 5.88 Å². The van der Waals surface area contributed by atoms with Crippen molar-refractivity contribution in [3.05, 3.63) is 12.5 Å².